The fraction of sp³-hybridized carbons (Fsp3) is 0.500. The van der Waals surface area contributed by atoms with Gasteiger partial charge in [0.25, 0.3) is 0 Å². The van der Waals surface area contributed by atoms with Crippen molar-refractivity contribution in [2.24, 2.45) is 0 Å². The average Bonchev–Trinajstić information content (AvgIpc) is 2.78. The smallest absolute Gasteiger partial charge is 0.238 e. The summed E-state index contributed by atoms with van der Waals surface area (Å²) in [6.45, 7) is 9.71. The molecule has 2 aliphatic rings. The van der Waals surface area contributed by atoms with Crippen molar-refractivity contribution in [2.75, 3.05) is 44.6 Å². The highest BCUT2D eigenvalue weighted by molar-refractivity contribution is 5.93. The maximum absolute atomic E-state index is 12.6. The average molecular weight is 421 g/mol. The molecular formula is C26H36N4O. The molecule has 2 aromatic carbocycles. The number of amides is 1. The van der Waals surface area contributed by atoms with Crippen molar-refractivity contribution < 1.29 is 4.79 Å². The molecule has 2 aromatic rings. The van der Waals surface area contributed by atoms with Gasteiger partial charge < -0.3 is 10.6 Å². The third-order valence-corrected chi connectivity index (χ3v) is 6.83. The molecule has 2 saturated heterocycles. The number of nitrogens with zero attached hydrogens (tertiary/aromatic N) is 2. The zero-order chi connectivity index (χ0) is 21.6. The van der Waals surface area contributed by atoms with Crippen molar-refractivity contribution in [1.29, 1.82) is 0 Å². The van der Waals surface area contributed by atoms with E-state index in [-0.39, 0.29) is 5.91 Å². The number of carbonyl (C=O) groups is 1. The van der Waals surface area contributed by atoms with Crippen molar-refractivity contribution in [2.45, 2.75) is 45.2 Å². The monoisotopic (exact) mass is 420 g/mol. The van der Waals surface area contributed by atoms with Crippen molar-refractivity contribution >= 4 is 11.6 Å². The number of hydrogen-bond acceptors (Lipinski definition) is 4. The number of hydrogen-bond donors (Lipinski definition) is 2. The molecule has 31 heavy (non-hydrogen) atoms. The van der Waals surface area contributed by atoms with Gasteiger partial charge in [-0.05, 0) is 56.3 Å². The topological polar surface area (TPSA) is 47.6 Å². The molecular weight excluding hydrogens is 384 g/mol. The minimum Gasteiger partial charge on any atom is -0.324 e. The summed E-state index contributed by atoms with van der Waals surface area (Å²) in [5, 5.41) is 6.84. The van der Waals surface area contributed by atoms with E-state index >= 15 is 0 Å². The van der Waals surface area contributed by atoms with Gasteiger partial charge in [-0.2, -0.15) is 0 Å². The number of carbonyl (C=O) groups excluding carboxylic acids is 1. The van der Waals surface area contributed by atoms with E-state index in [9.17, 15) is 4.79 Å². The number of nitrogens with one attached hydrogen (secondary N) is 2. The highest BCUT2D eigenvalue weighted by Gasteiger charge is 2.29. The predicted octanol–water partition coefficient (Wildman–Crippen LogP) is 3.22. The molecule has 2 fully saturated rings. The van der Waals surface area contributed by atoms with Crippen LogP contribution in [0.4, 0.5) is 5.69 Å². The van der Waals surface area contributed by atoms with Gasteiger partial charge in [0.1, 0.15) is 0 Å². The van der Waals surface area contributed by atoms with Crippen molar-refractivity contribution in [3.63, 3.8) is 0 Å². The number of aryl methyl sites for hydroxylation is 2. The summed E-state index contributed by atoms with van der Waals surface area (Å²) in [5.74, 6) is 0.0932. The van der Waals surface area contributed by atoms with Crippen molar-refractivity contribution in [3.05, 3.63) is 65.2 Å². The van der Waals surface area contributed by atoms with E-state index in [2.05, 4.69) is 50.8 Å². The fourth-order valence-corrected chi connectivity index (χ4v) is 5.05. The van der Waals surface area contributed by atoms with E-state index in [0.29, 0.717) is 18.6 Å². The first-order valence-corrected chi connectivity index (χ1v) is 11.7. The van der Waals surface area contributed by atoms with Gasteiger partial charge in [-0.25, -0.2) is 0 Å². The molecule has 166 valence electrons. The Bertz CT molecular complexity index is 841. The normalized spacial score (nSPS) is 22.9. The Labute approximate surface area is 186 Å². The third-order valence-electron chi connectivity index (χ3n) is 6.83. The molecule has 2 atom stereocenters. The molecule has 0 spiro atoms. The summed E-state index contributed by atoms with van der Waals surface area (Å²) in [7, 11) is 0. The van der Waals surface area contributed by atoms with Gasteiger partial charge in [-0.1, -0.05) is 48.5 Å². The summed E-state index contributed by atoms with van der Waals surface area (Å²) in [4.78, 5) is 17.6. The number of anilines is 1. The van der Waals surface area contributed by atoms with Gasteiger partial charge in [0.05, 0.1) is 6.54 Å². The molecule has 0 saturated carbocycles. The minimum atomic E-state index is 0.0932. The zero-order valence-electron chi connectivity index (χ0n) is 18.9. The molecule has 0 aromatic heterocycles. The number of rotatable bonds is 6. The fourth-order valence-electron chi connectivity index (χ4n) is 5.05. The van der Waals surface area contributed by atoms with E-state index in [0.717, 1.165) is 56.0 Å². The zero-order valence-corrected chi connectivity index (χ0v) is 18.9. The van der Waals surface area contributed by atoms with E-state index in [1.807, 2.05) is 32.0 Å². The van der Waals surface area contributed by atoms with Crippen LogP contribution >= 0.6 is 0 Å². The third kappa shape index (κ3) is 5.94. The predicted molar refractivity (Wildman–Crippen MR) is 128 cm³/mol. The van der Waals surface area contributed by atoms with Gasteiger partial charge in [0.2, 0.25) is 5.91 Å². The highest BCUT2D eigenvalue weighted by Crippen LogP contribution is 2.21. The van der Waals surface area contributed by atoms with Crippen LogP contribution in [0.1, 0.15) is 29.5 Å². The van der Waals surface area contributed by atoms with Crippen LogP contribution in [0.25, 0.3) is 0 Å². The van der Waals surface area contributed by atoms with Crippen LogP contribution in [0.3, 0.4) is 0 Å². The first-order chi connectivity index (χ1) is 15.1. The molecule has 2 heterocycles. The maximum Gasteiger partial charge on any atom is 0.238 e. The van der Waals surface area contributed by atoms with Gasteiger partial charge in [0.15, 0.2) is 0 Å². The van der Waals surface area contributed by atoms with Gasteiger partial charge in [-0.15, -0.1) is 0 Å². The summed E-state index contributed by atoms with van der Waals surface area (Å²) in [5.41, 5.74) is 4.62. The second kappa shape index (κ2) is 10.4. The molecule has 5 heteroatoms. The van der Waals surface area contributed by atoms with E-state index in [1.165, 1.54) is 18.4 Å². The molecule has 2 unspecified atom stereocenters. The summed E-state index contributed by atoms with van der Waals surface area (Å²) in [6.07, 6.45) is 3.54. The van der Waals surface area contributed by atoms with Gasteiger partial charge >= 0.3 is 0 Å². The van der Waals surface area contributed by atoms with Crippen LogP contribution in [0, 0.1) is 13.8 Å². The molecule has 0 bridgehead atoms. The van der Waals surface area contributed by atoms with Crippen LogP contribution < -0.4 is 10.6 Å². The molecule has 2 N–H and O–H groups in total. The number of piperidine rings is 1. The lowest BCUT2D eigenvalue weighted by atomic mass is 9.93. The van der Waals surface area contributed by atoms with Crippen molar-refractivity contribution in [1.82, 2.24) is 15.1 Å². The summed E-state index contributed by atoms with van der Waals surface area (Å²) >= 11 is 0. The Hall–Kier alpha value is -2.21. The van der Waals surface area contributed by atoms with E-state index < -0.39 is 0 Å². The lowest BCUT2D eigenvalue weighted by molar-refractivity contribution is -0.117. The second-order valence-electron chi connectivity index (χ2n) is 9.15. The van der Waals surface area contributed by atoms with E-state index in [1.54, 1.807) is 0 Å². The van der Waals surface area contributed by atoms with E-state index in [4.69, 9.17) is 0 Å². The Morgan fingerprint density at radius 2 is 1.71 bits per heavy atom. The van der Waals surface area contributed by atoms with Gasteiger partial charge in [-0.3, -0.25) is 14.6 Å². The van der Waals surface area contributed by atoms with Crippen LogP contribution in [-0.2, 0) is 11.2 Å². The summed E-state index contributed by atoms with van der Waals surface area (Å²) in [6, 6.07) is 18.1. The Balaban J connectivity index is 1.23. The minimum absolute atomic E-state index is 0.0932. The van der Waals surface area contributed by atoms with Crippen LogP contribution in [0.2, 0.25) is 0 Å². The first kappa shape index (κ1) is 22.0. The van der Waals surface area contributed by atoms with Crippen LogP contribution in [-0.4, -0.2) is 67.1 Å². The van der Waals surface area contributed by atoms with Crippen LogP contribution in [0.15, 0.2) is 48.5 Å². The largest absolute Gasteiger partial charge is 0.324 e. The Kier molecular flexibility index (Phi) is 7.38. The number of para-hydroxylation sites is 1. The maximum atomic E-state index is 12.6. The SMILES string of the molecule is Cc1cccc(C)c1NC(=O)CN1CCN(C2CCNC(Cc3ccccc3)C2)CC1. The second-order valence-corrected chi connectivity index (χ2v) is 9.15. The Morgan fingerprint density at radius 3 is 2.42 bits per heavy atom. The molecule has 0 aliphatic carbocycles. The van der Waals surface area contributed by atoms with Gasteiger partial charge in [0, 0.05) is 44.0 Å². The quantitative estimate of drug-likeness (QED) is 0.753. The molecule has 0 radical (unpaired) electrons. The molecule has 5 nitrogen and oxygen atoms in total. The summed E-state index contributed by atoms with van der Waals surface area (Å²) < 4.78 is 0. The molecule has 2 aliphatic heterocycles. The lowest BCUT2D eigenvalue weighted by Gasteiger charge is -2.42. The van der Waals surface area contributed by atoms with Crippen LogP contribution in [0.5, 0.6) is 0 Å². The molecule has 1 amide bonds. The standard InChI is InChI=1S/C26H36N4O/c1-20-7-6-8-21(2)26(20)28-25(31)19-29-13-15-30(16-14-29)24-11-12-27-23(18-24)17-22-9-4-3-5-10-22/h3-10,23-24,27H,11-19H2,1-2H3,(H,28,31). The first-order valence-electron chi connectivity index (χ1n) is 11.7. The van der Waals surface area contributed by atoms with Crippen molar-refractivity contribution in [3.8, 4) is 0 Å². The lowest BCUT2D eigenvalue weighted by Crippen LogP contribution is -2.55. The number of benzene rings is 2. The highest BCUT2D eigenvalue weighted by atomic mass is 16.2. The molecule has 4 rings (SSSR count). The Morgan fingerprint density at radius 1 is 1.00 bits per heavy atom. The number of piperazine rings is 1.